The summed E-state index contributed by atoms with van der Waals surface area (Å²) < 4.78 is 66.8. The van der Waals surface area contributed by atoms with Crippen molar-refractivity contribution in [3.8, 4) is 0 Å². The molecule has 2 saturated heterocycles. The molecule has 46 heavy (non-hydrogen) atoms. The molecule has 2 aromatic rings. The topological polar surface area (TPSA) is 133 Å². The first-order chi connectivity index (χ1) is 21.0. The predicted octanol–water partition coefficient (Wildman–Crippen LogP) is 7.60. The van der Waals surface area contributed by atoms with Gasteiger partial charge in [0.05, 0.1) is 24.3 Å². The van der Waals surface area contributed by atoms with E-state index in [1.54, 1.807) is 0 Å². The van der Waals surface area contributed by atoms with E-state index in [1.807, 2.05) is 0 Å². The SMILES string of the molecule is CC(C)(C)[Si](C)(C)O[C@H]1[C@H](O[Si](C)(C)C(C)(C)C)[C@@H](CO[P@]2(=O)OCC[C@H](c3ccc(F)c(Cl)c3)O2)O[C@H]1n1ccc(N)nc1=O. The fourth-order valence-corrected chi connectivity index (χ4v) is 8.86. The van der Waals surface area contributed by atoms with Gasteiger partial charge < -0.3 is 19.3 Å². The van der Waals surface area contributed by atoms with E-state index in [1.165, 1.54) is 35.0 Å². The quantitative estimate of drug-likeness (QED) is 0.204. The third kappa shape index (κ3) is 8.21. The Labute approximate surface area is 278 Å². The normalized spacial score (nSPS) is 28.0. The van der Waals surface area contributed by atoms with Gasteiger partial charge in [-0.1, -0.05) is 59.2 Å². The second-order valence-corrected chi connectivity index (χ2v) is 26.5. The van der Waals surface area contributed by atoms with Gasteiger partial charge in [0.2, 0.25) is 0 Å². The molecule has 1 aromatic carbocycles. The molecular formula is C30H48ClFN3O8PSi2. The summed E-state index contributed by atoms with van der Waals surface area (Å²) in [5.74, 6) is -0.487. The number of rotatable bonds is 9. The van der Waals surface area contributed by atoms with Crippen LogP contribution in [-0.4, -0.2) is 57.7 Å². The van der Waals surface area contributed by atoms with Crippen LogP contribution in [0.3, 0.4) is 0 Å². The number of nitrogen functional groups attached to an aromatic ring is 1. The van der Waals surface area contributed by atoms with Crippen LogP contribution in [-0.2, 0) is 31.7 Å². The number of nitrogens with zero attached hydrogens (tertiary/aromatic N) is 2. The summed E-state index contributed by atoms with van der Waals surface area (Å²) in [4.78, 5) is 17.1. The second kappa shape index (κ2) is 13.5. The molecule has 3 heterocycles. The molecule has 2 aliphatic rings. The van der Waals surface area contributed by atoms with E-state index in [-0.39, 0.29) is 34.1 Å². The van der Waals surface area contributed by atoms with Crippen LogP contribution in [0.5, 0.6) is 0 Å². The molecule has 2 aliphatic heterocycles. The summed E-state index contributed by atoms with van der Waals surface area (Å²) in [6, 6.07) is 5.71. The zero-order valence-electron chi connectivity index (χ0n) is 28.3. The number of anilines is 1. The molecule has 16 heteroatoms. The lowest BCUT2D eigenvalue weighted by Gasteiger charge is -2.44. The Morgan fingerprint density at radius 1 is 1.07 bits per heavy atom. The monoisotopic (exact) mass is 719 g/mol. The molecule has 2 fully saturated rings. The summed E-state index contributed by atoms with van der Waals surface area (Å²) in [6.07, 6.45) is -2.04. The smallest absolute Gasteiger partial charge is 0.408 e. The first kappa shape index (κ1) is 37.4. The Morgan fingerprint density at radius 2 is 1.67 bits per heavy atom. The molecule has 258 valence electrons. The maximum Gasteiger partial charge on any atom is 0.475 e. The lowest BCUT2D eigenvalue weighted by molar-refractivity contribution is -0.0592. The van der Waals surface area contributed by atoms with Gasteiger partial charge in [-0.05, 0) is 60.0 Å². The molecule has 0 spiro atoms. The van der Waals surface area contributed by atoms with Crippen molar-refractivity contribution < 1.29 is 36.1 Å². The van der Waals surface area contributed by atoms with Crippen molar-refractivity contribution in [3.63, 3.8) is 0 Å². The van der Waals surface area contributed by atoms with Crippen molar-refractivity contribution >= 4 is 41.9 Å². The minimum atomic E-state index is -4.11. The van der Waals surface area contributed by atoms with Crippen molar-refractivity contribution in [3.05, 3.63) is 57.3 Å². The molecule has 0 amide bonds. The van der Waals surface area contributed by atoms with Crippen LogP contribution in [0.15, 0.2) is 35.3 Å². The first-order valence-corrected chi connectivity index (χ1v) is 23.1. The zero-order valence-corrected chi connectivity index (χ0v) is 32.0. The summed E-state index contributed by atoms with van der Waals surface area (Å²) in [6.45, 7) is 21.0. The number of halogens is 2. The number of hydrogen-bond acceptors (Lipinski definition) is 10. The number of ether oxygens (including phenoxy) is 1. The molecule has 0 unspecified atom stereocenters. The summed E-state index contributed by atoms with van der Waals surface area (Å²) >= 11 is 5.99. The van der Waals surface area contributed by atoms with Crippen molar-refractivity contribution in [2.45, 2.75) is 115 Å². The highest BCUT2D eigenvalue weighted by molar-refractivity contribution is 7.48. The summed E-state index contributed by atoms with van der Waals surface area (Å²) in [5, 5.41) is -0.423. The van der Waals surface area contributed by atoms with Crippen LogP contribution >= 0.6 is 19.4 Å². The molecule has 0 radical (unpaired) electrons. The Morgan fingerprint density at radius 3 is 2.24 bits per heavy atom. The largest absolute Gasteiger partial charge is 0.475 e. The number of aromatic nitrogens is 2. The van der Waals surface area contributed by atoms with Crippen LogP contribution < -0.4 is 11.4 Å². The van der Waals surface area contributed by atoms with Crippen molar-refractivity contribution in [2.75, 3.05) is 18.9 Å². The molecule has 0 bridgehead atoms. The minimum absolute atomic E-state index is 0.0699. The van der Waals surface area contributed by atoms with E-state index in [4.69, 9.17) is 44.5 Å². The first-order valence-electron chi connectivity index (χ1n) is 15.4. The fraction of sp³-hybridized carbons (Fsp3) is 0.667. The van der Waals surface area contributed by atoms with Crippen LogP contribution in [0.4, 0.5) is 10.2 Å². The maximum atomic E-state index is 13.8. The second-order valence-electron chi connectivity index (χ2n) is 14.9. The molecule has 2 N–H and O–H groups in total. The van der Waals surface area contributed by atoms with Gasteiger partial charge in [0.15, 0.2) is 22.9 Å². The predicted molar refractivity (Wildman–Crippen MR) is 180 cm³/mol. The van der Waals surface area contributed by atoms with Crippen LogP contribution in [0.2, 0.25) is 41.3 Å². The van der Waals surface area contributed by atoms with Gasteiger partial charge >= 0.3 is 13.5 Å². The average molecular weight is 720 g/mol. The summed E-state index contributed by atoms with van der Waals surface area (Å²) in [5.41, 5.74) is 5.75. The molecular weight excluding hydrogens is 672 g/mol. The number of phosphoric ester groups is 1. The molecule has 1 aromatic heterocycles. The standard InChI is InChI=1S/C30H48ClFN3O8PSi2/c1-29(2,3)45(7,8)42-25-23(18-39-44(37)38-16-14-22(41-44)19-11-12-21(32)20(31)17-19)40-27(35-15-13-24(33)34-28(35)36)26(25)43-46(9,10)30(4,5)6/h11-13,15,17,22-23,25-27H,14,16,18H2,1-10H3,(H2,33,34,36)/t22-,23-,25-,26+,27-,44+/m1/s1. The maximum absolute atomic E-state index is 13.8. The lowest BCUT2D eigenvalue weighted by Crippen LogP contribution is -2.54. The van der Waals surface area contributed by atoms with Crippen molar-refractivity contribution in [2.24, 2.45) is 0 Å². The van der Waals surface area contributed by atoms with E-state index < -0.39 is 66.6 Å². The molecule has 4 rings (SSSR count). The van der Waals surface area contributed by atoms with Crippen LogP contribution in [0.1, 0.15) is 65.9 Å². The van der Waals surface area contributed by atoms with Gasteiger partial charge in [-0.2, -0.15) is 4.98 Å². The Kier molecular flexibility index (Phi) is 10.9. The highest BCUT2D eigenvalue weighted by Gasteiger charge is 2.55. The van der Waals surface area contributed by atoms with E-state index >= 15 is 0 Å². The van der Waals surface area contributed by atoms with E-state index in [2.05, 4.69) is 72.7 Å². The fourth-order valence-electron chi connectivity index (χ4n) is 4.67. The third-order valence-corrected chi connectivity index (χ3v) is 20.2. The Bertz CT molecular complexity index is 1520. The van der Waals surface area contributed by atoms with Crippen LogP contribution in [0.25, 0.3) is 0 Å². The summed E-state index contributed by atoms with van der Waals surface area (Å²) in [7, 11) is -9.07. The Hall–Kier alpha value is -1.46. The van der Waals surface area contributed by atoms with Crippen molar-refractivity contribution in [1.29, 1.82) is 0 Å². The third-order valence-electron chi connectivity index (χ3n) is 9.48. The van der Waals surface area contributed by atoms with Crippen molar-refractivity contribution in [1.82, 2.24) is 9.55 Å². The van der Waals surface area contributed by atoms with Gasteiger partial charge in [0, 0.05) is 12.6 Å². The van der Waals surface area contributed by atoms with Gasteiger partial charge in [-0.25, -0.2) is 13.8 Å². The number of nitrogens with two attached hydrogens (primary N) is 1. The van der Waals surface area contributed by atoms with E-state index in [0.717, 1.165) is 0 Å². The molecule has 0 aliphatic carbocycles. The highest BCUT2D eigenvalue weighted by Crippen LogP contribution is 2.57. The van der Waals surface area contributed by atoms with Gasteiger partial charge in [-0.15, -0.1) is 0 Å². The lowest BCUT2D eigenvalue weighted by atomic mass is 10.1. The molecule has 0 saturated carbocycles. The molecule has 6 atom stereocenters. The number of hydrogen-bond donors (Lipinski definition) is 1. The van der Waals surface area contributed by atoms with Gasteiger partial charge in [-0.3, -0.25) is 18.1 Å². The van der Waals surface area contributed by atoms with E-state index in [0.29, 0.717) is 12.0 Å². The van der Waals surface area contributed by atoms with Gasteiger partial charge in [0.1, 0.15) is 29.9 Å². The Balaban J connectivity index is 1.69. The molecule has 11 nitrogen and oxygen atoms in total. The van der Waals surface area contributed by atoms with Gasteiger partial charge in [0.25, 0.3) is 0 Å². The van der Waals surface area contributed by atoms with E-state index in [9.17, 15) is 13.8 Å². The number of phosphoric acid groups is 1. The minimum Gasteiger partial charge on any atom is -0.408 e. The van der Waals surface area contributed by atoms with Crippen LogP contribution in [0, 0.1) is 5.82 Å². The average Bonchev–Trinajstić information content (AvgIpc) is 3.23. The highest BCUT2D eigenvalue weighted by atomic mass is 35.5. The number of benzene rings is 1. The zero-order chi connectivity index (χ0) is 34.5.